The topological polar surface area (TPSA) is 54.2 Å². The molecule has 1 aromatic heterocycles. The molecule has 0 amide bonds. The number of hydrogen-bond acceptors (Lipinski definition) is 2. The SMILES string of the molecule is CN=C(NCc1ccc(-n2ccnc2C)c(F)c1)NCc1ccccc1Cl.I. The van der Waals surface area contributed by atoms with E-state index in [-0.39, 0.29) is 29.8 Å². The van der Waals surface area contributed by atoms with Crippen LogP contribution in [0.15, 0.2) is 59.9 Å². The van der Waals surface area contributed by atoms with Crippen LogP contribution in [0.2, 0.25) is 5.02 Å². The van der Waals surface area contributed by atoms with Crippen LogP contribution in [0, 0.1) is 12.7 Å². The molecule has 0 bridgehead atoms. The van der Waals surface area contributed by atoms with Gasteiger partial charge in [0.25, 0.3) is 0 Å². The predicted octanol–water partition coefficient (Wildman–Crippen LogP) is 4.46. The highest BCUT2D eigenvalue weighted by atomic mass is 127. The fraction of sp³-hybridized carbons (Fsp3) is 0.200. The molecule has 0 saturated heterocycles. The van der Waals surface area contributed by atoms with Gasteiger partial charge >= 0.3 is 0 Å². The summed E-state index contributed by atoms with van der Waals surface area (Å²) in [5.41, 5.74) is 2.28. The summed E-state index contributed by atoms with van der Waals surface area (Å²) in [5.74, 6) is 1.06. The van der Waals surface area contributed by atoms with Gasteiger partial charge in [-0.05, 0) is 36.2 Å². The molecule has 8 heteroatoms. The summed E-state index contributed by atoms with van der Waals surface area (Å²) in [7, 11) is 1.69. The van der Waals surface area contributed by atoms with E-state index in [1.165, 1.54) is 6.07 Å². The third-order valence-corrected chi connectivity index (χ3v) is 4.55. The van der Waals surface area contributed by atoms with Gasteiger partial charge < -0.3 is 15.2 Å². The first kappa shape index (κ1) is 22.2. The lowest BCUT2D eigenvalue weighted by Crippen LogP contribution is -2.36. The molecule has 0 saturated carbocycles. The van der Waals surface area contributed by atoms with Gasteiger partial charge in [0.05, 0.1) is 5.69 Å². The van der Waals surface area contributed by atoms with Crippen LogP contribution < -0.4 is 10.6 Å². The van der Waals surface area contributed by atoms with Crippen molar-refractivity contribution in [2.75, 3.05) is 7.05 Å². The molecular weight excluding hydrogens is 492 g/mol. The maximum absolute atomic E-state index is 14.5. The minimum atomic E-state index is -0.297. The second-order valence-corrected chi connectivity index (χ2v) is 6.41. The van der Waals surface area contributed by atoms with Crippen LogP contribution in [0.4, 0.5) is 4.39 Å². The molecule has 0 unspecified atom stereocenters. The molecule has 0 radical (unpaired) electrons. The molecule has 5 nitrogen and oxygen atoms in total. The van der Waals surface area contributed by atoms with Crippen LogP contribution in [0.25, 0.3) is 5.69 Å². The number of halogens is 3. The van der Waals surface area contributed by atoms with E-state index in [9.17, 15) is 4.39 Å². The third kappa shape index (κ3) is 5.45. The number of nitrogens with zero attached hydrogens (tertiary/aromatic N) is 3. The van der Waals surface area contributed by atoms with Crippen molar-refractivity contribution in [1.29, 1.82) is 0 Å². The monoisotopic (exact) mass is 513 g/mol. The van der Waals surface area contributed by atoms with Gasteiger partial charge in [-0.1, -0.05) is 35.9 Å². The molecule has 3 rings (SSSR count). The van der Waals surface area contributed by atoms with Crippen molar-refractivity contribution >= 4 is 41.5 Å². The van der Waals surface area contributed by atoms with Crippen LogP contribution >= 0.6 is 35.6 Å². The van der Waals surface area contributed by atoms with Crippen LogP contribution in [-0.2, 0) is 13.1 Å². The molecule has 0 aliphatic carbocycles. The summed E-state index contributed by atoms with van der Waals surface area (Å²) in [6.07, 6.45) is 3.39. The molecule has 148 valence electrons. The zero-order valence-electron chi connectivity index (χ0n) is 15.6. The lowest BCUT2D eigenvalue weighted by Gasteiger charge is -2.13. The van der Waals surface area contributed by atoms with Crippen molar-refractivity contribution in [3.05, 3.63) is 82.6 Å². The van der Waals surface area contributed by atoms with Crippen LogP contribution in [-0.4, -0.2) is 22.6 Å². The van der Waals surface area contributed by atoms with E-state index in [0.29, 0.717) is 29.8 Å². The minimum absolute atomic E-state index is 0. The highest BCUT2D eigenvalue weighted by molar-refractivity contribution is 14.0. The number of hydrogen-bond donors (Lipinski definition) is 2. The first-order valence-corrected chi connectivity index (χ1v) is 8.93. The Kier molecular flexibility index (Phi) is 8.25. The summed E-state index contributed by atoms with van der Waals surface area (Å²) in [5, 5.41) is 7.08. The fourth-order valence-corrected chi connectivity index (χ4v) is 2.92. The molecule has 2 aromatic carbocycles. The van der Waals surface area contributed by atoms with E-state index in [1.54, 1.807) is 30.1 Å². The smallest absolute Gasteiger partial charge is 0.191 e. The Morgan fingerprint density at radius 3 is 2.57 bits per heavy atom. The summed E-state index contributed by atoms with van der Waals surface area (Å²) < 4.78 is 16.2. The molecule has 0 aliphatic heterocycles. The lowest BCUT2D eigenvalue weighted by atomic mass is 10.2. The molecule has 28 heavy (non-hydrogen) atoms. The van der Waals surface area contributed by atoms with Crippen LogP contribution in [0.1, 0.15) is 17.0 Å². The van der Waals surface area contributed by atoms with Gasteiger partial charge in [-0.15, -0.1) is 24.0 Å². The van der Waals surface area contributed by atoms with E-state index in [1.807, 2.05) is 37.3 Å². The zero-order chi connectivity index (χ0) is 19.2. The third-order valence-electron chi connectivity index (χ3n) is 4.19. The van der Waals surface area contributed by atoms with Crippen molar-refractivity contribution in [2.45, 2.75) is 20.0 Å². The number of benzene rings is 2. The van der Waals surface area contributed by atoms with E-state index in [2.05, 4.69) is 20.6 Å². The molecule has 0 spiro atoms. The number of aromatic nitrogens is 2. The molecule has 0 fully saturated rings. The molecular formula is C20H22ClFIN5. The first-order chi connectivity index (χ1) is 13.1. The number of aryl methyl sites for hydroxylation is 1. The van der Waals surface area contributed by atoms with Gasteiger partial charge in [0.15, 0.2) is 5.96 Å². The summed E-state index contributed by atoms with van der Waals surface area (Å²) in [6, 6.07) is 12.8. The lowest BCUT2D eigenvalue weighted by molar-refractivity contribution is 0.613. The van der Waals surface area contributed by atoms with Gasteiger partial charge in [0, 0.05) is 37.6 Å². The van der Waals surface area contributed by atoms with E-state index in [0.717, 1.165) is 17.0 Å². The second kappa shape index (κ2) is 10.4. The van der Waals surface area contributed by atoms with E-state index < -0.39 is 0 Å². The number of guanidine groups is 1. The first-order valence-electron chi connectivity index (χ1n) is 8.55. The largest absolute Gasteiger partial charge is 0.352 e. The predicted molar refractivity (Wildman–Crippen MR) is 122 cm³/mol. The number of aliphatic imine (C=N–C) groups is 1. The van der Waals surface area contributed by atoms with Crippen molar-refractivity contribution in [1.82, 2.24) is 20.2 Å². The number of imidazole rings is 1. The molecule has 1 heterocycles. The summed E-state index contributed by atoms with van der Waals surface area (Å²) in [4.78, 5) is 8.31. The van der Waals surface area contributed by atoms with E-state index >= 15 is 0 Å². The van der Waals surface area contributed by atoms with Crippen LogP contribution in [0.5, 0.6) is 0 Å². The highest BCUT2D eigenvalue weighted by Gasteiger charge is 2.08. The number of rotatable bonds is 5. The van der Waals surface area contributed by atoms with Gasteiger partial charge in [-0.2, -0.15) is 0 Å². The average molecular weight is 514 g/mol. The Morgan fingerprint density at radius 1 is 1.18 bits per heavy atom. The standard InChI is InChI=1S/C20H21ClFN5.HI/c1-14-24-9-10-27(14)19-8-7-15(11-18(19)22)12-25-20(23-2)26-13-16-5-3-4-6-17(16)21;/h3-11H,12-13H2,1-2H3,(H2,23,25,26);1H. The van der Waals surface area contributed by atoms with Crippen molar-refractivity contribution < 1.29 is 4.39 Å². The number of nitrogens with one attached hydrogen (secondary N) is 2. The van der Waals surface area contributed by atoms with Gasteiger partial charge in [-0.3, -0.25) is 4.99 Å². The average Bonchev–Trinajstić information content (AvgIpc) is 3.09. The molecule has 0 atom stereocenters. The van der Waals surface area contributed by atoms with Crippen LogP contribution in [0.3, 0.4) is 0 Å². The quantitative estimate of drug-likeness (QED) is 0.301. The maximum Gasteiger partial charge on any atom is 0.191 e. The Morgan fingerprint density at radius 2 is 1.93 bits per heavy atom. The fourth-order valence-electron chi connectivity index (χ4n) is 2.72. The summed E-state index contributed by atoms with van der Waals surface area (Å²) >= 11 is 6.16. The van der Waals surface area contributed by atoms with E-state index in [4.69, 9.17) is 11.6 Å². The van der Waals surface area contributed by atoms with Crippen molar-refractivity contribution in [3.8, 4) is 5.69 Å². The molecule has 0 aliphatic rings. The van der Waals surface area contributed by atoms with Gasteiger partial charge in [-0.25, -0.2) is 9.37 Å². The zero-order valence-corrected chi connectivity index (χ0v) is 18.7. The minimum Gasteiger partial charge on any atom is -0.352 e. The maximum atomic E-state index is 14.5. The molecule has 3 aromatic rings. The van der Waals surface area contributed by atoms with Crippen molar-refractivity contribution in [2.24, 2.45) is 4.99 Å². The highest BCUT2D eigenvalue weighted by Crippen LogP contribution is 2.17. The molecule has 2 N–H and O–H groups in total. The van der Waals surface area contributed by atoms with Crippen molar-refractivity contribution in [3.63, 3.8) is 0 Å². The Balaban J connectivity index is 0.00000280. The van der Waals surface area contributed by atoms with Gasteiger partial charge in [0.1, 0.15) is 11.6 Å². The summed E-state index contributed by atoms with van der Waals surface area (Å²) in [6.45, 7) is 2.83. The second-order valence-electron chi connectivity index (χ2n) is 6.00. The van der Waals surface area contributed by atoms with Gasteiger partial charge in [0.2, 0.25) is 0 Å². The Bertz CT molecular complexity index is 957. The Labute approximate surface area is 186 Å². The normalized spacial score (nSPS) is 11.1. The Hall–Kier alpha value is -2.13.